The van der Waals surface area contributed by atoms with Crippen molar-refractivity contribution in [2.24, 2.45) is 5.92 Å². The summed E-state index contributed by atoms with van der Waals surface area (Å²) in [7, 11) is 0. The fourth-order valence-corrected chi connectivity index (χ4v) is 6.09. The number of nitrogens with one attached hydrogen (secondary N) is 1. The molecule has 0 saturated carbocycles. The van der Waals surface area contributed by atoms with E-state index >= 15 is 0 Å². The van der Waals surface area contributed by atoms with Gasteiger partial charge >= 0.3 is 0 Å². The zero-order valence-corrected chi connectivity index (χ0v) is 22.6. The molecule has 0 spiro atoms. The SMILES string of the molecule is C=CC(=O)N1CC(C#N)CC(Nc2ncnc3c2ccn3C(c2ccccc2)(c2ccccc2)c2ccccc2)C1. The maximum absolute atomic E-state index is 12.4. The molecule has 1 fully saturated rings. The van der Waals surface area contributed by atoms with Gasteiger partial charge in [-0.25, -0.2) is 9.97 Å². The second-order valence-electron chi connectivity index (χ2n) is 10.3. The molecule has 1 saturated heterocycles. The van der Waals surface area contributed by atoms with Gasteiger partial charge in [-0.3, -0.25) is 4.79 Å². The predicted octanol–water partition coefficient (Wildman–Crippen LogP) is 5.61. The molecule has 0 bridgehead atoms. The number of nitrogens with zero attached hydrogens (tertiary/aromatic N) is 5. The Labute approximate surface area is 239 Å². The van der Waals surface area contributed by atoms with Crippen LogP contribution in [0.25, 0.3) is 11.0 Å². The molecule has 41 heavy (non-hydrogen) atoms. The van der Waals surface area contributed by atoms with Crippen molar-refractivity contribution in [1.29, 1.82) is 5.26 Å². The van der Waals surface area contributed by atoms with Crippen LogP contribution in [-0.2, 0) is 10.3 Å². The van der Waals surface area contributed by atoms with Crippen LogP contribution in [0, 0.1) is 17.2 Å². The first-order chi connectivity index (χ1) is 20.1. The first kappa shape index (κ1) is 26.0. The van der Waals surface area contributed by atoms with E-state index in [2.05, 4.69) is 107 Å². The van der Waals surface area contributed by atoms with Crippen molar-refractivity contribution >= 4 is 22.8 Å². The lowest BCUT2D eigenvalue weighted by Gasteiger charge is -2.38. The van der Waals surface area contributed by atoms with E-state index in [9.17, 15) is 10.1 Å². The molecule has 7 nitrogen and oxygen atoms in total. The lowest BCUT2D eigenvalue weighted by molar-refractivity contribution is -0.127. The van der Waals surface area contributed by atoms with E-state index in [1.807, 2.05) is 24.3 Å². The monoisotopic (exact) mass is 538 g/mol. The van der Waals surface area contributed by atoms with Crippen LogP contribution in [0.1, 0.15) is 23.1 Å². The summed E-state index contributed by atoms with van der Waals surface area (Å²) < 4.78 is 2.22. The van der Waals surface area contributed by atoms with Crippen LogP contribution < -0.4 is 5.32 Å². The first-order valence-electron chi connectivity index (χ1n) is 13.7. The van der Waals surface area contributed by atoms with Gasteiger partial charge < -0.3 is 14.8 Å². The number of piperidine rings is 1. The van der Waals surface area contributed by atoms with Crippen molar-refractivity contribution < 1.29 is 4.79 Å². The first-order valence-corrected chi connectivity index (χ1v) is 13.7. The molecule has 2 aromatic heterocycles. The maximum Gasteiger partial charge on any atom is 0.246 e. The summed E-state index contributed by atoms with van der Waals surface area (Å²) in [5.41, 5.74) is 3.37. The molecule has 3 aromatic carbocycles. The number of hydrogen-bond donors (Lipinski definition) is 1. The third kappa shape index (κ3) is 4.64. The van der Waals surface area contributed by atoms with E-state index in [1.54, 1.807) is 11.2 Å². The Bertz CT molecular complexity index is 1610. The second kappa shape index (κ2) is 11.1. The van der Waals surface area contributed by atoms with Gasteiger partial charge in [0.2, 0.25) is 5.91 Å². The molecule has 5 aromatic rings. The Hall–Kier alpha value is -5.22. The number of carbonyl (C=O) groups excluding carboxylic acids is 1. The molecular weight excluding hydrogens is 508 g/mol. The highest BCUT2D eigenvalue weighted by atomic mass is 16.2. The van der Waals surface area contributed by atoms with Crippen LogP contribution in [0.15, 0.2) is 122 Å². The number of amides is 1. The highest BCUT2D eigenvalue weighted by Crippen LogP contribution is 2.43. The molecule has 1 amide bonds. The number of anilines is 1. The molecule has 0 radical (unpaired) electrons. The van der Waals surface area contributed by atoms with Crippen LogP contribution in [0.2, 0.25) is 0 Å². The number of aromatic nitrogens is 3. The van der Waals surface area contributed by atoms with E-state index in [0.29, 0.717) is 25.3 Å². The molecule has 202 valence electrons. The van der Waals surface area contributed by atoms with Crippen LogP contribution >= 0.6 is 0 Å². The minimum absolute atomic E-state index is 0.138. The van der Waals surface area contributed by atoms with E-state index in [4.69, 9.17) is 4.98 Å². The van der Waals surface area contributed by atoms with Gasteiger partial charge in [0.25, 0.3) is 0 Å². The lowest BCUT2D eigenvalue weighted by Crippen LogP contribution is -2.48. The zero-order valence-electron chi connectivity index (χ0n) is 22.6. The Morgan fingerprint density at radius 1 is 0.902 bits per heavy atom. The molecule has 2 atom stereocenters. The molecule has 1 N–H and O–H groups in total. The van der Waals surface area contributed by atoms with Gasteiger partial charge in [0.05, 0.1) is 17.4 Å². The van der Waals surface area contributed by atoms with Gasteiger partial charge in [0.15, 0.2) is 0 Å². The Balaban J connectivity index is 1.51. The molecule has 3 heterocycles. The summed E-state index contributed by atoms with van der Waals surface area (Å²) in [6, 6.07) is 35.6. The van der Waals surface area contributed by atoms with Gasteiger partial charge in [-0.1, -0.05) is 97.6 Å². The Kier molecular flexibility index (Phi) is 7.05. The molecule has 2 unspecified atom stereocenters. The number of hydrogen-bond acceptors (Lipinski definition) is 5. The van der Waals surface area contributed by atoms with E-state index in [1.165, 1.54) is 6.08 Å². The fourth-order valence-electron chi connectivity index (χ4n) is 6.09. The summed E-state index contributed by atoms with van der Waals surface area (Å²) in [6.45, 7) is 4.49. The molecule has 7 heteroatoms. The Morgan fingerprint density at radius 2 is 1.49 bits per heavy atom. The summed E-state index contributed by atoms with van der Waals surface area (Å²) in [4.78, 5) is 23.5. The van der Waals surface area contributed by atoms with Crippen molar-refractivity contribution in [2.75, 3.05) is 18.4 Å². The van der Waals surface area contributed by atoms with E-state index in [0.717, 1.165) is 27.7 Å². The maximum atomic E-state index is 12.4. The minimum Gasteiger partial charge on any atom is -0.365 e. The number of rotatable bonds is 7. The topological polar surface area (TPSA) is 86.8 Å². The smallest absolute Gasteiger partial charge is 0.246 e. The van der Waals surface area contributed by atoms with E-state index in [-0.39, 0.29) is 17.9 Å². The second-order valence-corrected chi connectivity index (χ2v) is 10.3. The van der Waals surface area contributed by atoms with Gasteiger partial charge in [0, 0.05) is 25.3 Å². The standard InChI is InChI=1S/C34H30N6O/c1-2-31(41)39-22-25(21-35)20-29(23-39)38-32-30-18-19-40(33(30)37-24-36-32)34(26-12-6-3-7-13-26,27-14-8-4-9-15-27)28-16-10-5-11-17-28/h2-19,24-25,29H,1,20,22-23H2,(H,36,37,38). The summed E-state index contributed by atoms with van der Waals surface area (Å²) in [5, 5.41) is 14.1. The molecular formula is C34H30N6O. The number of benzene rings is 3. The van der Waals surface area contributed by atoms with Crippen LogP contribution in [0.3, 0.4) is 0 Å². The number of carbonyl (C=O) groups is 1. The number of fused-ring (bicyclic) bond motifs is 1. The number of nitriles is 1. The van der Waals surface area contributed by atoms with Gasteiger partial charge in [-0.15, -0.1) is 0 Å². The van der Waals surface area contributed by atoms with Crippen molar-refractivity contribution in [1.82, 2.24) is 19.4 Å². The lowest BCUT2D eigenvalue weighted by atomic mass is 9.76. The third-order valence-corrected chi connectivity index (χ3v) is 7.88. The van der Waals surface area contributed by atoms with Crippen molar-refractivity contribution in [3.8, 4) is 6.07 Å². The third-order valence-electron chi connectivity index (χ3n) is 7.88. The molecule has 6 rings (SSSR count). The molecule has 0 aliphatic carbocycles. The van der Waals surface area contributed by atoms with Gasteiger partial charge in [-0.2, -0.15) is 5.26 Å². The van der Waals surface area contributed by atoms with Crippen LogP contribution in [-0.4, -0.2) is 44.5 Å². The van der Waals surface area contributed by atoms with E-state index < -0.39 is 5.54 Å². The quantitative estimate of drug-likeness (QED) is 0.215. The largest absolute Gasteiger partial charge is 0.365 e. The summed E-state index contributed by atoms with van der Waals surface area (Å²) in [6.07, 6.45) is 5.57. The van der Waals surface area contributed by atoms with Crippen molar-refractivity contribution in [3.63, 3.8) is 0 Å². The summed E-state index contributed by atoms with van der Waals surface area (Å²) in [5.74, 6) is 0.231. The zero-order chi connectivity index (χ0) is 28.2. The van der Waals surface area contributed by atoms with Crippen LogP contribution in [0.4, 0.5) is 5.82 Å². The van der Waals surface area contributed by atoms with Gasteiger partial charge in [0.1, 0.15) is 23.3 Å². The fraction of sp³-hybridized carbons (Fsp3) is 0.176. The average molecular weight is 539 g/mol. The highest BCUT2D eigenvalue weighted by Gasteiger charge is 2.39. The van der Waals surface area contributed by atoms with Gasteiger partial charge in [-0.05, 0) is 35.3 Å². The van der Waals surface area contributed by atoms with Crippen molar-refractivity contribution in [3.05, 3.63) is 139 Å². The minimum atomic E-state index is -0.707. The Morgan fingerprint density at radius 3 is 2.02 bits per heavy atom. The summed E-state index contributed by atoms with van der Waals surface area (Å²) >= 11 is 0. The normalized spacial score (nSPS) is 17.1. The predicted molar refractivity (Wildman–Crippen MR) is 160 cm³/mol. The number of likely N-dealkylation sites (tertiary alicyclic amines) is 1. The molecule has 1 aliphatic rings. The van der Waals surface area contributed by atoms with Crippen LogP contribution in [0.5, 0.6) is 0 Å². The highest BCUT2D eigenvalue weighted by molar-refractivity contribution is 5.89. The van der Waals surface area contributed by atoms with Crippen molar-refractivity contribution in [2.45, 2.75) is 18.0 Å². The average Bonchev–Trinajstić information content (AvgIpc) is 3.48. The molecule has 1 aliphatic heterocycles.